The number of aromatic hydroxyl groups is 1. The van der Waals surface area contributed by atoms with E-state index in [4.69, 9.17) is 32.7 Å². The number of carbonyl (C=O) groups is 1. The molecule has 3 rings (SSSR count). The van der Waals surface area contributed by atoms with E-state index in [0.717, 1.165) is 5.56 Å². The van der Waals surface area contributed by atoms with Crippen molar-refractivity contribution in [3.8, 4) is 17.2 Å². The van der Waals surface area contributed by atoms with Crippen LogP contribution in [0.5, 0.6) is 17.2 Å². The molecule has 0 heterocycles. The second kappa shape index (κ2) is 11.9. The summed E-state index contributed by atoms with van der Waals surface area (Å²) < 4.78 is 13.0. The van der Waals surface area contributed by atoms with Gasteiger partial charge >= 0.3 is 0 Å². The SMILES string of the molecule is CCOc1cc(/C=N\NC(=O)c2ccc(I)c(O)c2)c(Br)cc1OCc1ccc(Cl)cc1Cl. The number of phenolic OH excluding ortho intramolecular Hbond substituents is 1. The minimum absolute atomic E-state index is 0.0341. The van der Waals surface area contributed by atoms with Crippen LogP contribution in [0.1, 0.15) is 28.4 Å². The first kappa shape index (κ1) is 25.6. The van der Waals surface area contributed by atoms with E-state index >= 15 is 0 Å². The molecular weight excluding hydrogens is 646 g/mol. The number of hydrogen-bond acceptors (Lipinski definition) is 5. The Labute approximate surface area is 223 Å². The van der Waals surface area contributed by atoms with Crippen LogP contribution in [0.4, 0.5) is 0 Å². The molecule has 0 aliphatic rings. The van der Waals surface area contributed by atoms with Crippen LogP contribution in [0.25, 0.3) is 0 Å². The van der Waals surface area contributed by atoms with Gasteiger partial charge < -0.3 is 14.6 Å². The Balaban J connectivity index is 1.74. The molecule has 0 saturated carbocycles. The molecule has 0 aliphatic carbocycles. The highest BCUT2D eigenvalue weighted by atomic mass is 127. The fourth-order valence-corrected chi connectivity index (χ4v) is 3.93. The van der Waals surface area contributed by atoms with Gasteiger partial charge in [-0.15, -0.1) is 0 Å². The Morgan fingerprint density at radius 2 is 1.91 bits per heavy atom. The maximum absolute atomic E-state index is 12.3. The summed E-state index contributed by atoms with van der Waals surface area (Å²) in [6, 6.07) is 13.4. The summed E-state index contributed by atoms with van der Waals surface area (Å²) in [7, 11) is 0. The smallest absolute Gasteiger partial charge is 0.271 e. The molecule has 0 radical (unpaired) electrons. The zero-order valence-corrected chi connectivity index (χ0v) is 22.5. The van der Waals surface area contributed by atoms with Crippen LogP contribution in [-0.2, 0) is 6.61 Å². The molecule has 0 bridgehead atoms. The molecule has 0 fully saturated rings. The third-order valence-corrected chi connectivity index (χ3v) is 6.53. The Bertz CT molecular complexity index is 1210. The van der Waals surface area contributed by atoms with Crippen LogP contribution in [0.15, 0.2) is 58.1 Å². The van der Waals surface area contributed by atoms with Crippen molar-refractivity contribution in [1.82, 2.24) is 5.43 Å². The van der Waals surface area contributed by atoms with Crippen LogP contribution < -0.4 is 14.9 Å². The van der Waals surface area contributed by atoms with Gasteiger partial charge in [-0.25, -0.2) is 5.43 Å². The Morgan fingerprint density at radius 1 is 1.15 bits per heavy atom. The molecule has 172 valence electrons. The van der Waals surface area contributed by atoms with E-state index < -0.39 is 5.91 Å². The van der Waals surface area contributed by atoms with Gasteiger partial charge in [0.15, 0.2) is 11.5 Å². The lowest BCUT2D eigenvalue weighted by Crippen LogP contribution is -2.17. The predicted octanol–water partition coefficient (Wildman–Crippen LogP) is 6.81. The molecule has 0 saturated heterocycles. The predicted molar refractivity (Wildman–Crippen MR) is 142 cm³/mol. The van der Waals surface area contributed by atoms with Gasteiger partial charge in [-0.05, 0) is 87.9 Å². The van der Waals surface area contributed by atoms with E-state index in [1.807, 2.05) is 29.5 Å². The highest BCUT2D eigenvalue weighted by molar-refractivity contribution is 14.1. The van der Waals surface area contributed by atoms with Gasteiger partial charge in [-0.3, -0.25) is 4.79 Å². The fourth-order valence-electron chi connectivity index (χ4n) is 2.70. The second-order valence-corrected chi connectivity index (χ2v) is 9.50. The monoisotopic (exact) mass is 662 g/mol. The van der Waals surface area contributed by atoms with E-state index in [9.17, 15) is 9.90 Å². The number of amides is 1. The van der Waals surface area contributed by atoms with Crippen molar-refractivity contribution >= 4 is 73.8 Å². The molecule has 0 unspecified atom stereocenters. The molecular formula is C23H18BrCl2IN2O4. The molecule has 0 spiro atoms. The van der Waals surface area contributed by atoms with Crippen molar-refractivity contribution in [3.63, 3.8) is 0 Å². The third-order valence-electron chi connectivity index (χ3n) is 4.34. The lowest BCUT2D eigenvalue weighted by atomic mass is 10.2. The topological polar surface area (TPSA) is 80.2 Å². The lowest BCUT2D eigenvalue weighted by molar-refractivity contribution is 0.0954. The summed E-state index contributed by atoms with van der Waals surface area (Å²) in [5.41, 5.74) is 4.19. The average Bonchev–Trinajstić information content (AvgIpc) is 2.77. The number of hydrazone groups is 1. The average molecular weight is 664 g/mol. The molecule has 0 atom stereocenters. The van der Waals surface area contributed by atoms with Gasteiger partial charge in [0.25, 0.3) is 5.91 Å². The quantitative estimate of drug-likeness (QED) is 0.158. The molecule has 1 amide bonds. The number of phenols is 1. The van der Waals surface area contributed by atoms with E-state index in [0.29, 0.717) is 47.3 Å². The third kappa shape index (κ3) is 6.99. The van der Waals surface area contributed by atoms with Gasteiger partial charge in [0.2, 0.25) is 0 Å². The minimum Gasteiger partial charge on any atom is -0.507 e. The molecule has 3 aromatic rings. The van der Waals surface area contributed by atoms with Crippen molar-refractivity contribution < 1.29 is 19.4 Å². The summed E-state index contributed by atoms with van der Waals surface area (Å²) in [5, 5.41) is 14.8. The largest absolute Gasteiger partial charge is 0.507 e. The minimum atomic E-state index is -0.445. The van der Waals surface area contributed by atoms with Crippen molar-refractivity contribution in [1.29, 1.82) is 0 Å². The van der Waals surface area contributed by atoms with Crippen LogP contribution >= 0.6 is 61.7 Å². The standard InChI is InChI=1S/C23H18BrCl2IN2O4/c1-2-32-21-8-15(11-28-29-23(31)13-4-6-19(27)20(30)7-13)17(24)10-22(21)33-12-14-3-5-16(25)9-18(14)26/h3-11,30H,2,12H2,1H3,(H,29,31)/b28-11-. The normalized spacial score (nSPS) is 10.9. The van der Waals surface area contributed by atoms with Crippen LogP contribution in [0.3, 0.4) is 0 Å². The second-order valence-electron chi connectivity index (χ2n) is 6.64. The number of hydrogen-bond donors (Lipinski definition) is 2. The zero-order chi connectivity index (χ0) is 24.0. The summed E-state index contributed by atoms with van der Waals surface area (Å²) >= 11 is 17.6. The number of nitrogens with one attached hydrogen (secondary N) is 1. The highest BCUT2D eigenvalue weighted by Crippen LogP contribution is 2.34. The van der Waals surface area contributed by atoms with Crippen LogP contribution in [-0.4, -0.2) is 23.8 Å². The summed E-state index contributed by atoms with van der Waals surface area (Å²) in [4.78, 5) is 12.3. The first-order valence-electron chi connectivity index (χ1n) is 9.63. The Kier molecular flexibility index (Phi) is 9.25. The first-order valence-corrected chi connectivity index (χ1v) is 12.3. The highest BCUT2D eigenvalue weighted by Gasteiger charge is 2.12. The number of rotatable bonds is 8. The molecule has 33 heavy (non-hydrogen) atoms. The summed E-state index contributed by atoms with van der Waals surface area (Å²) in [5.74, 6) is 0.622. The van der Waals surface area contributed by atoms with Crippen molar-refractivity contribution in [3.05, 3.63) is 83.3 Å². The first-order chi connectivity index (χ1) is 15.8. The maximum Gasteiger partial charge on any atom is 0.271 e. The van der Waals surface area contributed by atoms with Crippen molar-refractivity contribution in [2.75, 3.05) is 6.61 Å². The van der Waals surface area contributed by atoms with E-state index in [1.54, 1.807) is 42.5 Å². The summed E-state index contributed by atoms with van der Waals surface area (Å²) in [6.45, 7) is 2.53. The number of ether oxygens (including phenoxy) is 2. The summed E-state index contributed by atoms with van der Waals surface area (Å²) in [6.07, 6.45) is 1.48. The van der Waals surface area contributed by atoms with Crippen molar-refractivity contribution in [2.24, 2.45) is 5.10 Å². The number of carbonyl (C=O) groups excluding carboxylic acids is 1. The zero-order valence-electron chi connectivity index (χ0n) is 17.2. The van der Waals surface area contributed by atoms with Gasteiger partial charge in [0.1, 0.15) is 12.4 Å². The van der Waals surface area contributed by atoms with Crippen molar-refractivity contribution in [2.45, 2.75) is 13.5 Å². The maximum atomic E-state index is 12.3. The Hall–Kier alpha value is -2.01. The molecule has 0 aromatic heterocycles. The molecule has 3 aromatic carbocycles. The van der Waals surface area contributed by atoms with Gasteiger partial charge in [0.05, 0.1) is 16.4 Å². The van der Waals surface area contributed by atoms with E-state index in [1.165, 1.54) is 12.3 Å². The number of benzene rings is 3. The molecule has 6 nitrogen and oxygen atoms in total. The van der Waals surface area contributed by atoms with Crippen LogP contribution in [0, 0.1) is 3.57 Å². The molecule has 0 aliphatic heterocycles. The van der Waals surface area contributed by atoms with Crippen LogP contribution in [0.2, 0.25) is 10.0 Å². The number of nitrogens with zero attached hydrogens (tertiary/aromatic N) is 1. The fraction of sp³-hybridized carbons (Fsp3) is 0.130. The van der Waals surface area contributed by atoms with E-state index in [2.05, 4.69) is 26.5 Å². The van der Waals surface area contributed by atoms with Gasteiger partial charge in [-0.2, -0.15) is 5.10 Å². The van der Waals surface area contributed by atoms with Gasteiger partial charge in [0, 0.05) is 31.2 Å². The lowest BCUT2D eigenvalue weighted by Gasteiger charge is -2.14. The van der Waals surface area contributed by atoms with E-state index in [-0.39, 0.29) is 12.4 Å². The Morgan fingerprint density at radius 3 is 2.61 bits per heavy atom. The molecule has 2 N–H and O–H groups in total. The van der Waals surface area contributed by atoms with Gasteiger partial charge in [-0.1, -0.05) is 29.3 Å². The number of halogens is 4. The molecule has 10 heteroatoms.